The minimum absolute atomic E-state index is 0.000276. The molecule has 1 aliphatic rings. The summed E-state index contributed by atoms with van der Waals surface area (Å²) in [5, 5.41) is 7.48. The number of anilines is 1. The molecule has 1 N–H and O–H groups in total. The Kier molecular flexibility index (Phi) is 7.21. The van der Waals surface area contributed by atoms with E-state index in [9.17, 15) is 30.8 Å². The molecule has 2 aromatic heterocycles. The van der Waals surface area contributed by atoms with Crippen molar-refractivity contribution in [3.8, 4) is 0 Å². The molecule has 0 atom stereocenters. The van der Waals surface area contributed by atoms with Gasteiger partial charge in [-0.2, -0.15) is 26.7 Å². The van der Waals surface area contributed by atoms with E-state index in [1.54, 1.807) is 10.6 Å². The van der Waals surface area contributed by atoms with Crippen molar-refractivity contribution >= 4 is 49.5 Å². The molecule has 0 bridgehead atoms. The van der Waals surface area contributed by atoms with Gasteiger partial charge in [-0.3, -0.25) is 14.2 Å². The van der Waals surface area contributed by atoms with Crippen molar-refractivity contribution in [2.45, 2.75) is 32.3 Å². The van der Waals surface area contributed by atoms with Crippen LogP contribution < -0.4 is 10.3 Å². The van der Waals surface area contributed by atoms with Crippen LogP contribution in [0.1, 0.15) is 34.2 Å². The third-order valence-corrected chi connectivity index (χ3v) is 7.69. The van der Waals surface area contributed by atoms with Crippen LogP contribution in [0.4, 0.5) is 23.2 Å². The summed E-state index contributed by atoms with van der Waals surface area (Å²) in [7, 11) is -5.57. The summed E-state index contributed by atoms with van der Waals surface area (Å²) in [6.07, 6.45) is 2.83. The number of nitrogens with zero attached hydrogens (tertiary/aromatic N) is 5. The highest BCUT2D eigenvalue weighted by Gasteiger charge is 2.50. The molecule has 198 valence electrons. The molecule has 1 aliphatic heterocycles. The maximum atomic E-state index is 14.8. The first-order valence-electron chi connectivity index (χ1n) is 11.0. The van der Waals surface area contributed by atoms with Crippen molar-refractivity contribution in [2.75, 3.05) is 18.1 Å². The molecule has 0 unspecified atom stereocenters. The summed E-state index contributed by atoms with van der Waals surface area (Å²) in [6.45, 7) is 2.93. The van der Waals surface area contributed by atoms with Gasteiger partial charge in [0.05, 0.1) is 28.9 Å². The van der Waals surface area contributed by atoms with Crippen molar-refractivity contribution in [2.24, 2.45) is 5.10 Å². The van der Waals surface area contributed by atoms with Crippen LogP contribution in [0.2, 0.25) is 0 Å². The van der Waals surface area contributed by atoms with Crippen molar-refractivity contribution in [1.29, 1.82) is 0 Å². The number of alkyl halides is 3. The van der Waals surface area contributed by atoms with E-state index in [0.29, 0.717) is 35.4 Å². The number of rotatable bonds is 6. The number of halogens is 5. The van der Waals surface area contributed by atoms with E-state index in [2.05, 4.69) is 31.3 Å². The molecular weight excluding hydrogens is 584 g/mol. The monoisotopic (exact) mass is 604 g/mol. The summed E-state index contributed by atoms with van der Waals surface area (Å²) < 4.78 is 78.5. The quantitative estimate of drug-likeness (QED) is 0.430. The molecule has 37 heavy (non-hydrogen) atoms. The number of pyridine rings is 1. The first kappa shape index (κ1) is 26.9. The lowest BCUT2D eigenvalue weighted by molar-refractivity contribution is -0.0471. The molecule has 15 heteroatoms. The maximum Gasteiger partial charge on any atom is 0.516 e. The highest BCUT2D eigenvalue weighted by molar-refractivity contribution is 9.10. The second-order valence-electron chi connectivity index (χ2n) is 8.20. The second-order valence-corrected chi connectivity index (χ2v) is 10.9. The zero-order chi connectivity index (χ0) is 27.1. The number of carbonyl (C=O) groups is 1. The van der Waals surface area contributed by atoms with E-state index in [-0.39, 0.29) is 23.1 Å². The summed E-state index contributed by atoms with van der Waals surface area (Å²) in [5.41, 5.74) is -2.58. The first-order valence-corrected chi connectivity index (χ1v) is 13.2. The minimum Gasteiger partial charge on any atom is -0.347 e. The Morgan fingerprint density at radius 1 is 1.22 bits per heavy atom. The summed E-state index contributed by atoms with van der Waals surface area (Å²) in [4.78, 5) is 17.6. The van der Waals surface area contributed by atoms with Gasteiger partial charge < -0.3 is 5.32 Å². The Hall–Kier alpha value is -3.20. The van der Waals surface area contributed by atoms with Gasteiger partial charge in [-0.15, -0.1) is 0 Å². The number of imidazole rings is 1. The molecule has 0 radical (unpaired) electrons. The molecule has 0 saturated heterocycles. The van der Waals surface area contributed by atoms with E-state index in [0.717, 1.165) is 15.0 Å². The van der Waals surface area contributed by atoms with Crippen LogP contribution in [0.3, 0.4) is 0 Å². The van der Waals surface area contributed by atoms with Gasteiger partial charge in [-0.05, 0) is 58.6 Å². The molecule has 0 saturated carbocycles. The topological polar surface area (TPSA) is 99.4 Å². The Bertz CT molecular complexity index is 1510. The van der Waals surface area contributed by atoms with Crippen LogP contribution in [0.25, 0.3) is 5.65 Å². The van der Waals surface area contributed by atoms with Crippen molar-refractivity contribution in [1.82, 2.24) is 19.0 Å². The number of hydrazone groups is 1. The minimum atomic E-state index is -5.57. The summed E-state index contributed by atoms with van der Waals surface area (Å²) in [6, 6.07) is 5.95. The Morgan fingerprint density at radius 3 is 2.54 bits per heavy atom. The van der Waals surface area contributed by atoms with E-state index in [1.807, 2.05) is 19.9 Å². The SMILES string of the molecule is CCc1nc2c(Br)cc(C)cn2c1C(=O)NCc1ccc(N2CCN(S(=O)(=O)C(F)(F)F)C=N2)c(F)c1. The Morgan fingerprint density at radius 2 is 1.95 bits per heavy atom. The van der Waals surface area contributed by atoms with Gasteiger partial charge in [0.1, 0.15) is 17.8 Å². The zero-order valence-corrected chi connectivity index (χ0v) is 22.0. The van der Waals surface area contributed by atoms with Crippen LogP contribution in [-0.4, -0.2) is 53.0 Å². The zero-order valence-electron chi connectivity index (χ0n) is 19.6. The molecule has 1 amide bonds. The van der Waals surface area contributed by atoms with Gasteiger partial charge in [-0.1, -0.05) is 13.0 Å². The highest BCUT2D eigenvalue weighted by atomic mass is 79.9. The maximum absolute atomic E-state index is 14.8. The molecule has 3 heterocycles. The number of hydrogen-bond acceptors (Lipinski definition) is 6. The van der Waals surface area contributed by atoms with E-state index in [1.165, 1.54) is 18.2 Å². The number of hydrogen-bond donors (Lipinski definition) is 1. The van der Waals surface area contributed by atoms with Gasteiger partial charge in [0.15, 0.2) is 5.65 Å². The number of fused-ring (bicyclic) bond motifs is 1. The lowest BCUT2D eigenvalue weighted by Gasteiger charge is -2.29. The van der Waals surface area contributed by atoms with Crippen molar-refractivity contribution in [3.63, 3.8) is 0 Å². The third-order valence-electron chi connectivity index (χ3n) is 5.63. The molecule has 0 spiro atoms. The van der Waals surface area contributed by atoms with Crippen LogP contribution >= 0.6 is 15.9 Å². The largest absolute Gasteiger partial charge is 0.516 e. The second kappa shape index (κ2) is 9.93. The predicted molar refractivity (Wildman–Crippen MR) is 132 cm³/mol. The molecular formula is C22H21BrF4N6O3S. The first-order chi connectivity index (χ1) is 17.3. The number of amides is 1. The van der Waals surface area contributed by atoms with Gasteiger partial charge in [-0.25, -0.2) is 13.7 Å². The fourth-order valence-electron chi connectivity index (χ4n) is 3.83. The number of aromatic nitrogens is 2. The number of nitrogens with one attached hydrogen (secondary N) is 1. The van der Waals surface area contributed by atoms with E-state index < -0.39 is 33.8 Å². The number of aryl methyl sites for hydroxylation is 2. The molecule has 3 aromatic rings. The fraction of sp³-hybridized carbons (Fsp3) is 0.318. The summed E-state index contributed by atoms with van der Waals surface area (Å²) >= 11 is 3.47. The normalized spacial score (nSPS) is 14.5. The van der Waals surface area contributed by atoms with Crippen LogP contribution in [-0.2, 0) is 23.0 Å². The average Bonchev–Trinajstić information content (AvgIpc) is 3.21. The molecule has 9 nitrogen and oxygen atoms in total. The molecule has 1 aromatic carbocycles. The number of benzene rings is 1. The van der Waals surface area contributed by atoms with E-state index in [4.69, 9.17) is 0 Å². The van der Waals surface area contributed by atoms with Gasteiger partial charge in [0.2, 0.25) is 0 Å². The standard InChI is InChI=1S/C22H21BrF4N6O3S/c1-3-17-19(32-11-13(2)8-15(23)20(32)30-17)21(34)28-10-14-4-5-18(16(24)9-14)33-7-6-31(12-29-33)37(35,36)22(25,26)27/h4-5,8-9,11-12H,3,6-7,10H2,1-2H3,(H,28,34). The average molecular weight is 605 g/mol. The van der Waals surface area contributed by atoms with E-state index >= 15 is 0 Å². The third kappa shape index (κ3) is 5.14. The molecule has 0 aliphatic carbocycles. The van der Waals surface area contributed by atoms with Crippen molar-refractivity contribution in [3.05, 3.63) is 63.3 Å². The van der Waals surface area contributed by atoms with Crippen LogP contribution in [0.15, 0.2) is 40.0 Å². The fourth-order valence-corrected chi connectivity index (χ4v) is 5.22. The molecule has 0 fully saturated rings. The Balaban J connectivity index is 1.48. The van der Waals surface area contributed by atoms with Gasteiger partial charge >= 0.3 is 15.5 Å². The predicted octanol–water partition coefficient (Wildman–Crippen LogP) is 3.95. The lowest BCUT2D eigenvalue weighted by Crippen LogP contribution is -2.46. The highest BCUT2D eigenvalue weighted by Crippen LogP contribution is 2.28. The van der Waals surface area contributed by atoms with Crippen LogP contribution in [0, 0.1) is 12.7 Å². The van der Waals surface area contributed by atoms with Gasteiger partial charge in [0, 0.05) is 12.7 Å². The van der Waals surface area contributed by atoms with Crippen molar-refractivity contribution < 1.29 is 30.8 Å². The summed E-state index contributed by atoms with van der Waals surface area (Å²) in [5.74, 6) is -1.13. The number of sulfonamides is 1. The van der Waals surface area contributed by atoms with Gasteiger partial charge in [0.25, 0.3) is 5.91 Å². The smallest absolute Gasteiger partial charge is 0.347 e. The Labute approximate surface area is 217 Å². The number of carbonyl (C=O) groups excluding carboxylic acids is 1. The lowest BCUT2D eigenvalue weighted by atomic mass is 10.1. The van der Waals surface area contributed by atoms with Crippen LogP contribution in [0.5, 0.6) is 0 Å². The molecule has 4 rings (SSSR count).